The molecule has 0 aromatic carbocycles. The topological polar surface area (TPSA) is 114 Å². The van der Waals surface area contributed by atoms with Crippen LogP contribution < -0.4 is 5.46 Å². The van der Waals surface area contributed by atoms with E-state index in [1.165, 1.54) is 29.3 Å². The average molecular weight is 234 g/mol. The first-order chi connectivity index (χ1) is 8.09. The molecule has 0 fully saturated rings. The molecule has 0 spiro atoms. The molecule has 0 bridgehead atoms. The normalized spacial score (nSPS) is 10.2. The molecule has 0 unspecified atom stereocenters. The Bertz CT molecular complexity index is 556. The average Bonchev–Trinajstić information content (AvgIpc) is 2.78. The SMILES string of the molecule is O=[N+]([O-])c1cnccc1-n1cc(B(O)O)cn1. The van der Waals surface area contributed by atoms with Crippen molar-refractivity contribution in [2.45, 2.75) is 0 Å². The van der Waals surface area contributed by atoms with Gasteiger partial charge in [-0.2, -0.15) is 5.10 Å². The highest BCUT2D eigenvalue weighted by Gasteiger charge is 2.18. The van der Waals surface area contributed by atoms with Crippen molar-refractivity contribution < 1.29 is 15.0 Å². The molecule has 17 heavy (non-hydrogen) atoms. The van der Waals surface area contributed by atoms with Gasteiger partial charge < -0.3 is 10.0 Å². The molecule has 0 saturated heterocycles. The number of hydrogen-bond acceptors (Lipinski definition) is 6. The fourth-order valence-corrected chi connectivity index (χ4v) is 1.31. The van der Waals surface area contributed by atoms with E-state index in [-0.39, 0.29) is 16.8 Å². The van der Waals surface area contributed by atoms with Gasteiger partial charge in [0, 0.05) is 24.1 Å². The van der Waals surface area contributed by atoms with Crippen molar-refractivity contribution in [1.82, 2.24) is 14.8 Å². The number of hydrogen-bond donors (Lipinski definition) is 2. The van der Waals surface area contributed by atoms with E-state index in [9.17, 15) is 10.1 Å². The molecule has 9 heteroatoms. The van der Waals surface area contributed by atoms with Crippen LogP contribution in [0, 0.1) is 10.1 Å². The first-order valence-corrected chi connectivity index (χ1v) is 4.59. The summed E-state index contributed by atoms with van der Waals surface area (Å²) in [6.07, 6.45) is 5.01. The minimum absolute atomic E-state index is 0.149. The molecular weight excluding hydrogens is 227 g/mol. The Hall–Kier alpha value is -2.26. The van der Waals surface area contributed by atoms with Crippen LogP contribution in [-0.2, 0) is 0 Å². The molecule has 2 heterocycles. The highest BCUT2D eigenvalue weighted by atomic mass is 16.6. The smallest absolute Gasteiger partial charge is 0.423 e. The summed E-state index contributed by atoms with van der Waals surface area (Å²) < 4.78 is 1.19. The summed E-state index contributed by atoms with van der Waals surface area (Å²) in [7, 11) is -1.66. The molecule has 8 nitrogen and oxygen atoms in total. The van der Waals surface area contributed by atoms with Crippen LogP contribution in [0.25, 0.3) is 5.69 Å². The van der Waals surface area contributed by atoms with Crippen LogP contribution in [0.2, 0.25) is 0 Å². The Morgan fingerprint density at radius 2 is 2.18 bits per heavy atom. The second kappa shape index (κ2) is 4.32. The summed E-state index contributed by atoms with van der Waals surface area (Å²) in [5.41, 5.74) is 0.141. The first-order valence-electron chi connectivity index (χ1n) is 4.59. The highest BCUT2D eigenvalue weighted by molar-refractivity contribution is 6.58. The Labute approximate surface area is 95.4 Å². The van der Waals surface area contributed by atoms with Crippen molar-refractivity contribution in [2.75, 3.05) is 0 Å². The maximum Gasteiger partial charge on any atom is 0.491 e. The predicted molar refractivity (Wildman–Crippen MR) is 57.8 cm³/mol. The fraction of sp³-hybridized carbons (Fsp3) is 0. The largest absolute Gasteiger partial charge is 0.491 e. The lowest BCUT2D eigenvalue weighted by atomic mass is 9.83. The second-order valence-corrected chi connectivity index (χ2v) is 3.21. The van der Waals surface area contributed by atoms with Gasteiger partial charge in [-0.05, 0) is 6.07 Å². The Morgan fingerprint density at radius 1 is 1.41 bits per heavy atom. The van der Waals surface area contributed by atoms with Crippen LogP contribution in [0.4, 0.5) is 5.69 Å². The van der Waals surface area contributed by atoms with E-state index in [1.807, 2.05) is 0 Å². The Kier molecular flexibility index (Phi) is 2.85. The number of aromatic nitrogens is 3. The third-order valence-corrected chi connectivity index (χ3v) is 2.12. The molecule has 0 saturated carbocycles. The molecule has 0 aliphatic heterocycles. The molecular formula is C8H7BN4O4. The van der Waals surface area contributed by atoms with Crippen LogP contribution in [0.1, 0.15) is 0 Å². The first kappa shape index (κ1) is 11.2. The minimum Gasteiger partial charge on any atom is -0.423 e. The molecule has 2 N–H and O–H groups in total. The van der Waals surface area contributed by atoms with Crippen molar-refractivity contribution in [2.24, 2.45) is 0 Å². The molecule has 2 aromatic rings. The van der Waals surface area contributed by atoms with E-state index in [2.05, 4.69) is 10.1 Å². The van der Waals surface area contributed by atoms with Crippen LogP contribution in [-0.4, -0.2) is 36.9 Å². The standard InChI is InChI=1S/C8H7BN4O4/c14-9(15)6-3-11-12(5-6)7-1-2-10-4-8(7)13(16)17/h1-5,14-15H. The summed E-state index contributed by atoms with van der Waals surface area (Å²) in [6.45, 7) is 0. The number of nitrogens with zero attached hydrogens (tertiary/aromatic N) is 4. The molecule has 0 aliphatic carbocycles. The van der Waals surface area contributed by atoms with Crippen molar-refractivity contribution in [1.29, 1.82) is 0 Å². The maximum atomic E-state index is 10.8. The van der Waals surface area contributed by atoms with E-state index in [0.717, 1.165) is 6.20 Å². The van der Waals surface area contributed by atoms with Gasteiger partial charge in [-0.3, -0.25) is 15.1 Å². The summed E-state index contributed by atoms with van der Waals surface area (Å²) in [4.78, 5) is 13.8. The Morgan fingerprint density at radius 3 is 2.76 bits per heavy atom. The molecule has 0 radical (unpaired) electrons. The molecule has 0 aliphatic rings. The zero-order valence-corrected chi connectivity index (χ0v) is 8.46. The molecule has 2 aromatic heterocycles. The summed E-state index contributed by atoms with van der Waals surface area (Å²) >= 11 is 0. The number of nitro groups is 1. The highest BCUT2D eigenvalue weighted by Crippen LogP contribution is 2.19. The Balaban J connectivity index is 2.49. The van der Waals surface area contributed by atoms with E-state index in [1.54, 1.807) is 0 Å². The van der Waals surface area contributed by atoms with E-state index in [4.69, 9.17) is 10.0 Å². The third kappa shape index (κ3) is 2.14. The van der Waals surface area contributed by atoms with Gasteiger partial charge in [-0.1, -0.05) is 0 Å². The van der Waals surface area contributed by atoms with Gasteiger partial charge in [0.2, 0.25) is 0 Å². The lowest BCUT2D eigenvalue weighted by molar-refractivity contribution is -0.385. The van der Waals surface area contributed by atoms with Crippen molar-refractivity contribution in [3.8, 4) is 5.69 Å². The third-order valence-electron chi connectivity index (χ3n) is 2.12. The van der Waals surface area contributed by atoms with Crippen molar-refractivity contribution >= 4 is 18.3 Å². The monoisotopic (exact) mass is 234 g/mol. The van der Waals surface area contributed by atoms with E-state index < -0.39 is 12.0 Å². The predicted octanol–water partition coefficient (Wildman–Crippen LogP) is -1.14. The zero-order chi connectivity index (χ0) is 12.4. The van der Waals surface area contributed by atoms with Gasteiger partial charge in [0.1, 0.15) is 11.9 Å². The number of pyridine rings is 1. The summed E-state index contributed by atoms with van der Waals surface area (Å²) in [5, 5.41) is 32.4. The quantitative estimate of drug-likeness (QED) is 0.394. The lowest BCUT2D eigenvalue weighted by Gasteiger charge is -2.01. The van der Waals surface area contributed by atoms with Crippen LogP contribution in [0.15, 0.2) is 30.9 Å². The fourth-order valence-electron chi connectivity index (χ4n) is 1.31. The van der Waals surface area contributed by atoms with Crippen LogP contribution >= 0.6 is 0 Å². The van der Waals surface area contributed by atoms with Gasteiger partial charge in [0.15, 0.2) is 0 Å². The number of rotatable bonds is 3. The molecule has 0 atom stereocenters. The maximum absolute atomic E-state index is 10.8. The summed E-state index contributed by atoms with van der Waals surface area (Å²) in [5.74, 6) is 0. The van der Waals surface area contributed by atoms with Gasteiger partial charge in [0.05, 0.1) is 4.92 Å². The van der Waals surface area contributed by atoms with Gasteiger partial charge in [-0.25, -0.2) is 4.68 Å². The van der Waals surface area contributed by atoms with Crippen LogP contribution in [0.3, 0.4) is 0 Å². The molecule has 86 valence electrons. The van der Waals surface area contributed by atoms with Gasteiger partial charge >= 0.3 is 12.8 Å². The minimum atomic E-state index is -1.66. The molecule has 0 amide bonds. The van der Waals surface area contributed by atoms with E-state index in [0.29, 0.717) is 0 Å². The van der Waals surface area contributed by atoms with Crippen LogP contribution in [0.5, 0.6) is 0 Å². The lowest BCUT2D eigenvalue weighted by Crippen LogP contribution is -2.28. The van der Waals surface area contributed by atoms with Crippen molar-refractivity contribution in [3.05, 3.63) is 41.0 Å². The molecule has 2 rings (SSSR count). The second-order valence-electron chi connectivity index (χ2n) is 3.21. The zero-order valence-electron chi connectivity index (χ0n) is 8.46. The van der Waals surface area contributed by atoms with Crippen molar-refractivity contribution in [3.63, 3.8) is 0 Å². The van der Waals surface area contributed by atoms with Gasteiger partial charge in [0.25, 0.3) is 0 Å². The van der Waals surface area contributed by atoms with Gasteiger partial charge in [-0.15, -0.1) is 0 Å². The van der Waals surface area contributed by atoms with E-state index >= 15 is 0 Å². The summed E-state index contributed by atoms with van der Waals surface area (Å²) in [6, 6.07) is 1.42.